The number of nitriles is 1. The summed E-state index contributed by atoms with van der Waals surface area (Å²) in [4.78, 5) is 28.1. The predicted octanol–water partition coefficient (Wildman–Crippen LogP) is 1.72. The number of sulfonamides is 1. The fourth-order valence-corrected chi connectivity index (χ4v) is 9.13. The fraction of sp³-hybridized carbons (Fsp3) is 0.679. The largest absolute Gasteiger partial charge is 0.378 e. The normalized spacial score (nSPS) is 29.3. The Kier molecular flexibility index (Phi) is 7.56. The standard InChI is InChI=1S/C28H41N5O5S/c1-16-7-9-18(10-8-16)33(19(14-29)13-17-11-12-31-25(17)35)39(37,38)23(27(2,3)4)26(36)32-15-20-21(28(20,5)6)22(32)24(30)34/h7-10,17,19-23,25,31,35H,11-13,15H2,1-6H3,(H2,30,34)/t17-,19-,20?,21?,22?,23+,25-/m0/s1. The number of carbonyl (C=O) groups is 2. The summed E-state index contributed by atoms with van der Waals surface area (Å²) in [6.45, 7) is 11.8. The van der Waals surface area contributed by atoms with Crippen LogP contribution in [0, 0.1) is 46.8 Å². The smallest absolute Gasteiger partial charge is 0.248 e. The summed E-state index contributed by atoms with van der Waals surface area (Å²) in [5.41, 5.74) is 5.71. The first-order valence-electron chi connectivity index (χ1n) is 13.5. The highest BCUT2D eigenvalue weighted by atomic mass is 32.2. The highest BCUT2D eigenvalue weighted by Crippen LogP contribution is 2.65. The molecular formula is C28H41N5O5S. The van der Waals surface area contributed by atoms with Gasteiger partial charge in [-0.1, -0.05) is 52.3 Å². The number of amides is 2. The molecule has 11 heteroatoms. The molecular weight excluding hydrogens is 518 g/mol. The van der Waals surface area contributed by atoms with E-state index in [0.717, 1.165) is 9.87 Å². The van der Waals surface area contributed by atoms with Crippen molar-refractivity contribution in [3.05, 3.63) is 29.8 Å². The first kappa shape index (κ1) is 29.3. The number of likely N-dealkylation sites (tertiary alicyclic amines) is 1. The van der Waals surface area contributed by atoms with E-state index in [-0.39, 0.29) is 41.8 Å². The molecule has 0 spiro atoms. The number of primary amides is 1. The lowest BCUT2D eigenvalue weighted by molar-refractivity contribution is -0.140. The molecule has 214 valence electrons. The van der Waals surface area contributed by atoms with Gasteiger partial charge < -0.3 is 15.7 Å². The zero-order valence-electron chi connectivity index (χ0n) is 23.6. The van der Waals surface area contributed by atoms with Crippen LogP contribution in [0.3, 0.4) is 0 Å². The molecule has 39 heavy (non-hydrogen) atoms. The number of nitrogens with zero attached hydrogens (tertiary/aromatic N) is 3. The van der Waals surface area contributed by atoms with Crippen LogP contribution in [-0.2, 0) is 19.6 Å². The lowest BCUT2D eigenvalue weighted by Crippen LogP contribution is -2.59. The van der Waals surface area contributed by atoms with Gasteiger partial charge in [-0.2, -0.15) is 5.26 Å². The summed E-state index contributed by atoms with van der Waals surface area (Å²) in [7, 11) is -4.51. The number of hydrogen-bond donors (Lipinski definition) is 3. The van der Waals surface area contributed by atoms with Gasteiger partial charge in [0.05, 0.1) is 11.8 Å². The molecule has 4 N–H and O–H groups in total. The number of rotatable bonds is 8. The van der Waals surface area contributed by atoms with E-state index in [4.69, 9.17) is 5.73 Å². The van der Waals surface area contributed by atoms with Gasteiger partial charge in [0.15, 0.2) is 5.25 Å². The Bertz CT molecular complexity index is 1270. The Labute approximate surface area is 231 Å². The molecule has 3 fully saturated rings. The van der Waals surface area contributed by atoms with Gasteiger partial charge in [0, 0.05) is 12.5 Å². The van der Waals surface area contributed by atoms with Crippen molar-refractivity contribution in [2.75, 3.05) is 17.4 Å². The Morgan fingerprint density at radius 1 is 1.28 bits per heavy atom. The Morgan fingerprint density at radius 3 is 2.38 bits per heavy atom. The minimum atomic E-state index is -4.51. The zero-order valence-corrected chi connectivity index (χ0v) is 24.4. The Morgan fingerprint density at radius 2 is 1.90 bits per heavy atom. The number of piperidine rings is 1. The lowest BCUT2D eigenvalue weighted by atomic mass is 9.90. The van der Waals surface area contributed by atoms with Crippen LogP contribution in [0.4, 0.5) is 5.69 Å². The number of hydrogen-bond acceptors (Lipinski definition) is 7. The quantitative estimate of drug-likeness (QED) is 0.438. The van der Waals surface area contributed by atoms with Crippen LogP contribution in [0.15, 0.2) is 24.3 Å². The molecule has 10 nitrogen and oxygen atoms in total. The van der Waals surface area contributed by atoms with Gasteiger partial charge in [-0.25, -0.2) is 8.42 Å². The van der Waals surface area contributed by atoms with Crippen LogP contribution in [0.2, 0.25) is 0 Å². The molecule has 0 radical (unpaired) electrons. The minimum Gasteiger partial charge on any atom is -0.378 e. The Hall–Kier alpha value is -2.68. The lowest BCUT2D eigenvalue weighted by Gasteiger charge is -2.40. The molecule has 0 aromatic heterocycles. The predicted molar refractivity (Wildman–Crippen MR) is 147 cm³/mol. The number of nitrogens with two attached hydrogens (primary N) is 1. The summed E-state index contributed by atoms with van der Waals surface area (Å²) in [5.74, 6) is -1.68. The number of aliphatic hydroxyl groups excluding tert-OH is 1. The molecule has 2 aliphatic heterocycles. The molecule has 2 saturated heterocycles. The van der Waals surface area contributed by atoms with E-state index in [0.29, 0.717) is 13.0 Å². The van der Waals surface area contributed by atoms with Crippen LogP contribution >= 0.6 is 0 Å². The maximum absolute atomic E-state index is 14.6. The molecule has 0 bridgehead atoms. The van der Waals surface area contributed by atoms with Crippen molar-refractivity contribution in [2.24, 2.45) is 34.3 Å². The van der Waals surface area contributed by atoms with E-state index < -0.39 is 50.8 Å². The summed E-state index contributed by atoms with van der Waals surface area (Å²) in [6, 6.07) is 6.88. The fourth-order valence-electron chi connectivity index (χ4n) is 6.72. The zero-order chi connectivity index (χ0) is 29.1. The summed E-state index contributed by atoms with van der Waals surface area (Å²) in [6.07, 6.45) is -0.163. The van der Waals surface area contributed by atoms with Crippen LogP contribution in [0.5, 0.6) is 0 Å². The number of nitrogens with one attached hydrogen (secondary N) is 1. The molecule has 2 heterocycles. The number of carbonyl (C=O) groups excluding carboxylic acids is 2. The minimum absolute atomic E-state index is 0.0682. The SMILES string of the molecule is Cc1ccc(N([C@H](C#N)C[C@@H]2CCN[C@H]2O)S(=O)(=O)[C@H](C(=O)N2CC3C(C2C(N)=O)C3(C)C)C(C)(C)C)cc1. The molecule has 1 aromatic rings. The van der Waals surface area contributed by atoms with Gasteiger partial charge in [0.25, 0.3) is 0 Å². The van der Waals surface area contributed by atoms with Crippen molar-refractivity contribution >= 4 is 27.5 Å². The van der Waals surface area contributed by atoms with Gasteiger partial charge in [-0.3, -0.25) is 19.2 Å². The second kappa shape index (κ2) is 10.1. The van der Waals surface area contributed by atoms with Crippen LogP contribution in [0.1, 0.15) is 53.0 Å². The van der Waals surface area contributed by atoms with Gasteiger partial charge in [0.1, 0.15) is 18.3 Å². The molecule has 7 atom stereocenters. The Balaban J connectivity index is 1.78. The molecule has 2 amide bonds. The van der Waals surface area contributed by atoms with E-state index in [2.05, 4.69) is 11.4 Å². The van der Waals surface area contributed by atoms with Crippen molar-refractivity contribution in [3.63, 3.8) is 0 Å². The molecule has 3 unspecified atom stereocenters. The first-order valence-corrected chi connectivity index (χ1v) is 15.0. The van der Waals surface area contributed by atoms with E-state index >= 15 is 0 Å². The highest BCUT2D eigenvalue weighted by Gasteiger charge is 2.70. The number of fused-ring (bicyclic) bond motifs is 1. The van der Waals surface area contributed by atoms with Crippen LogP contribution in [-0.4, -0.2) is 66.9 Å². The second-order valence-corrected chi connectivity index (χ2v) is 14.9. The highest BCUT2D eigenvalue weighted by molar-refractivity contribution is 7.94. The van der Waals surface area contributed by atoms with Crippen molar-refractivity contribution < 1.29 is 23.1 Å². The van der Waals surface area contributed by atoms with Gasteiger partial charge in [-0.15, -0.1) is 0 Å². The van der Waals surface area contributed by atoms with Gasteiger partial charge in [0.2, 0.25) is 21.8 Å². The van der Waals surface area contributed by atoms with E-state index in [1.807, 2.05) is 20.8 Å². The monoisotopic (exact) mass is 559 g/mol. The summed E-state index contributed by atoms with van der Waals surface area (Å²) < 4.78 is 30.4. The second-order valence-electron chi connectivity index (χ2n) is 13.0. The topological polar surface area (TPSA) is 157 Å². The average molecular weight is 560 g/mol. The molecule has 1 aliphatic carbocycles. The third kappa shape index (κ3) is 5.14. The maximum atomic E-state index is 14.6. The first-order chi connectivity index (χ1) is 18.0. The van der Waals surface area contributed by atoms with Crippen molar-refractivity contribution in [1.82, 2.24) is 10.2 Å². The number of aryl methyl sites for hydroxylation is 1. The van der Waals surface area contributed by atoms with Crippen LogP contribution < -0.4 is 15.4 Å². The number of anilines is 1. The third-order valence-electron chi connectivity index (χ3n) is 8.93. The van der Waals surface area contributed by atoms with E-state index in [9.17, 15) is 28.4 Å². The maximum Gasteiger partial charge on any atom is 0.248 e. The van der Waals surface area contributed by atoms with Gasteiger partial charge >= 0.3 is 0 Å². The molecule has 3 aliphatic rings. The molecule has 1 aromatic carbocycles. The summed E-state index contributed by atoms with van der Waals surface area (Å²) >= 11 is 0. The van der Waals surface area contributed by atoms with Crippen LogP contribution in [0.25, 0.3) is 0 Å². The van der Waals surface area contributed by atoms with Crippen molar-refractivity contribution in [2.45, 2.75) is 77.9 Å². The van der Waals surface area contributed by atoms with E-state index in [1.54, 1.807) is 45.0 Å². The number of benzene rings is 1. The average Bonchev–Trinajstić information content (AvgIpc) is 3.18. The number of aliphatic hydroxyl groups is 1. The van der Waals surface area contributed by atoms with Crippen molar-refractivity contribution in [1.29, 1.82) is 5.26 Å². The molecule has 4 rings (SSSR count). The van der Waals surface area contributed by atoms with Crippen molar-refractivity contribution in [3.8, 4) is 6.07 Å². The van der Waals surface area contributed by atoms with Gasteiger partial charge in [-0.05, 0) is 61.1 Å². The third-order valence-corrected chi connectivity index (χ3v) is 11.4. The molecule has 1 saturated carbocycles. The summed E-state index contributed by atoms with van der Waals surface area (Å²) in [5, 5.41) is 22.0. The van der Waals surface area contributed by atoms with E-state index in [1.165, 1.54) is 4.90 Å².